The van der Waals surface area contributed by atoms with Crippen LogP contribution in [0, 0.1) is 0 Å². The van der Waals surface area contributed by atoms with Gasteiger partial charge in [-0.05, 0) is 24.6 Å². The third kappa shape index (κ3) is 3.04. The number of phenolic OH excluding ortho intramolecular Hbond substituents is 1. The molecule has 2 aromatic rings. The lowest BCUT2D eigenvalue weighted by Crippen LogP contribution is -2.06. The average Bonchev–Trinajstić information content (AvgIpc) is 2.74. The number of hydrogen-bond donors (Lipinski definition) is 1. The van der Waals surface area contributed by atoms with E-state index in [1.807, 2.05) is 23.6 Å². The maximum Gasteiger partial charge on any atom is 0.139 e. The standard InChI is InChI=1S/C12H15N3O2/c1-2-17-9-15-8-13-14-12(15)7-10-4-3-5-11(16)6-10/h3-6,8,16H,2,7,9H2,1H3. The second kappa shape index (κ2) is 5.45. The monoisotopic (exact) mass is 233 g/mol. The SMILES string of the molecule is CCOCn1cnnc1Cc1cccc(O)c1. The van der Waals surface area contributed by atoms with E-state index in [1.165, 1.54) is 0 Å². The van der Waals surface area contributed by atoms with Crippen molar-refractivity contribution in [1.82, 2.24) is 14.8 Å². The minimum atomic E-state index is 0.262. The van der Waals surface area contributed by atoms with E-state index in [9.17, 15) is 5.11 Å². The van der Waals surface area contributed by atoms with Crippen LogP contribution in [0.2, 0.25) is 0 Å². The Balaban J connectivity index is 2.10. The molecule has 5 nitrogen and oxygen atoms in total. The highest BCUT2D eigenvalue weighted by Crippen LogP contribution is 2.13. The van der Waals surface area contributed by atoms with Gasteiger partial charge in [0.1, 0.15) is 24.6 Å². The van der Waals surface area contributed by atoms with E-state index < -0.39 is 0 Å². The topological polar surface area (TPSA) is 60.2 Å². The molecule has 1 aromatic heterocycles. The van der Waals surface area contributed by atoms with E-state index >= 15 is 0 Å². The van der Waals surface area contributed by atoms with Gasteiger partial charge in [-0.25, -0.2) is 0 Å². The van der Waals surface area contributed by atoms with E-state index in [1.54, 1.807) is 18.5 Å². The fraction of sp³-hybridized carbons (Fsp3) is 0.333. The van der Waals surface area contributed by atoms with Crippen LogP contribution in [-0.2, 0) is 17.9 Å². The summed E-state index contributed by atoms with van der Waals surface area (Å²) in [6.07, 6.45) is 2.27. The molecule has 0 aliphatic rings. The highest BCUT2D eigenvalue weighted by Gasteiger charge is 2.05. The number of rotatable bonds is 5. The zero-order valence-electron chi connectivity index (χ0n) is 9.71. The molecule has 0 spiro atoms. The van der Waals surface area contributed by atoms with Crippen LogP contribution in [0.4, 0.5) is 0 Å². The van der Waals surface area contributed by atoms with Gasteiger partial charge in [-0.3, -0.25) is 4.57 Å². The molecule has 0 fully saturated rings. The lowest BCUT2D eigenvalue weighted by Gasteiger charge is -2.06. The van der Waals surface area contributed by atoms with Gasteiger partial charge in [0.15, 0.2) is 0 Å². The van der Waals surface area contributed by atoms with Gasteiger partial charge in [-0.15, -0.1) is 10.2 Å². The number of aromatic hydroxyl groups is 1. The molecule has 17 heavy (non-hydrogen) atoms. The first-order chi connectivity index (χ1) is 8.29. The van der Waals surface area contributed by atoms with E-state index in [4.69, 9.17) is 4.74 Å². The molecule has 90 valence electrons. The summed E-state index contributed by atoms with van der Waals surface area (Å²) < 4.78 is 7.17. The highest BCUT2D eigenvalue weighted by atomic mass is 16.5. The summed E-state index contributed by atoms with van der Waals surface area (Å²) in [5.41, 5.74) is 0.996. The van der Waals surface area contributed by atoms with Gasteiger partial charge >= 0.3 is 0 Å². The van der Waals surface area contributed by atoms with Gasteiger partial charge in [-0.2, -0.15) is 0 Å². The highest BCUT2D eigenvalue weighted by molar-refractivity contribution is 5.28. The number of nitrogens with zero attached hydrogens (tertiary/aromatic N) is 3. The van der Waals surface area contributed by atoms with Crippen molar-refractivity contribution in [2.45, 2.75) is 20.1 Å². The molecule has 0 unspecified atom stereocenters. The number of hydrogen-bond acceptors (Lipinski definition) is 4. The van der Waals surface area contributed by atoms with Crippen molar-refractivity contribution in [3.8, 4) is 5.75 Å². The van der Waals surface area contributed by atoms with Gasteiger partial charge in [0.25, 0.3) is 0 Å². The van der Waals surface area contributed by atoms with Crippen LogP contribution in [0.25, 0.3) is 0 Å². The van der Waals surface area contributed by atoms with Crippen LogP contribution in [0.5, 0.6) is 5.75 Å². The molecule has 1 heterocycles. The van der Waals surface area contributed by atoms with Crippen molar-refractivity contribution in [2.24, 2.45) is 0 Å². The molecule has 0 aliphatic heterocycles. The summed E-state index contributed by atoms with van der Waals surface area (Å²) in [5.74, 6) is 1.09. The third-order valence-electron chi connectivity index (χ3n) is 2.40. The molecule has 0 radical (unpaired) electrons. The second-order valence-electron chi connectivity index (χ2n) is 3.69. The number of aromatic nitrogens is 3. The van der Waals surface area contributed by atoms with E-state index in [0.717, 1.165) is 11.4 Å². The van der Waals surface area contributed by atoms with Gasteiger partial charge in [-0.1, -0.05) is 12.1 Å². The fourth-order valence-electron chi connectivity index (χ4n) is 1.56. The first kappa shape index (κ1) is 11.6. The zero-order valence-corrected chi connectivity index (χ0v) is 9.71. The van der Waals surface area contributed by atoms with Crippen LogP contribution in [-0.4, -0.2) is 26.5 Å². The predicted octanol–water partition coefficient (Wildman–Crippen LogP) is 1.57. The summed E-state index contributed by atoms with van der Waals surface area (Å²) in [6.45, 7) is 3.06. The van der Waals surface area contributed by atoms with Crippen molar-refractivity contribution in [3.05, 3.63) is 42.0 Å². The summed E-state index contributed by atoms with van der Waals surface area (Å²) in [5, 5.41) is 17.3. The zero-order chi connectivity index (χ0) is 12.1. The third-order valence-corrected chi connectivity index (χ3v) is 2.40. The van der Waals surface area contributed by atoms with Gasteiger partial charge < -0.3 is 9.84 Å². The Kier molecular flexibility index (Phi) is 3.72. The summed E-state index contributed by atoms with van der Waals surface area (Å²) >= 11 is 0. The summed E-state index contributed by atoms with van der Waals surface area (Å²) in [4.78, 5) is 0. The van der Waals surface area contributed by atoms with Crippen molar-refractivity contribution >= 4 is 0 Å². The Hall–Kier alpha value is -1.88. The minimum absolute atomic E-state index is 0.262. The van der Waals surface area contributed by atoms with E-state index in [0.29, 0.717) is 19.8 Å². The van der Waals surface area contributed by atoms with Gasteiger partial charge in [0.2, 0.25) is 0 Å². The maximum atomic E-state index is 9.38. The number of phenols is 1. The van der Waals surface area contributed by atoms with Crippen LogP contribution < -0.4 is 0 Å². The quantitative estimate of drug-likeness (QED) is 0.851. The van der Waals surface area contributed by atoms with Crippen LogP contribution in [0.15, 0.2) is 30.6 Å². The molecule has 0 atom stereocenters. The molecule has 0 saturated heterocycles. The fourth-order valence-corrected chi connectivity index (χ4v) is 1.56. The molecule has 2 rings (SSSR count). The minimum Gasteiger partial charge on any atom is -0.508 e. The summed E-state index contributed by atoms with van der Waals surface area (Å²) in [6, 6.07) is 7.13. The Labute approximate surface area is 99.7 Å². The van der Waals surface area contributed by atoms with Crippen LogP contribution in [0.3, 0.4) is 0 Å². The lowest BCUT2D eigenvalue weighted by molar-refractivity contribution is 0.0858. The molecule has 0 amide bonds. The van der Waals surface area contributed by atoms with E-state index in [2.05, 4.69) is 10.2 Å². The molecular weight excluding hydrogens is 218 g/mol. The lowest BCUT2D eigenvalue weighted by atomic mass is 10.1. The first-order valence-corrected chi connectivity index (χ1v) is 5.52. The van der Waals surface area contributed by atoms with Crippen LogP contribution in [0.1, 0.15) is 18.3 Å². The molecule has 5 heteroatoms. The van der Waals surface area contributed by atoms with Crippen molar-refractivity contribution in [1.29, 1.82) is 0 Å². The first-order valence-electron chi connectivity index (χ1n) is 5.52. The number of benzene rings is 1. The smallest absolute Gasteiger partial charge is 0.139 e. The molecule has 1 N–H and O–H groups in total. The normalized spacial score (nSPS) is 10.6. The largest absolute Gasteiger partial charge is 0.508 e. The molecule has 0 bridgehead atoms. The van der Waals surface area contributed by atoms with Crippen molar-refractivity contribution in [2.75, 3.05) is 6.61 Å². The maximum absolute atomic E-state index is 9.38. The molecule has 0 saturated carbocycles. The van der Waals surface area contributed by atoms with Crippen molar-refractivity contribution < 1.29 is 9.84 Å². The molecule has 1 aromatic carbocycles. The van der Waals surface area contributed by atoms with Crippen molar-refractivity contribution in [3.63, 3.8) is 0 Å². The van der Waals surface area contributed by atoms with E-state index in [-0.39, 0.29) is 5.75 Å². The van der Waals surface area contributed by atoms with Gasteiger partial charge in [0, 0.05) is 13.0 Å². The Morgan fingerprint density at radius 2 is 2.29 bits per heavy atom. The second-order valence-corrected chi connectivity index (χ2v) is 3.69. The average molecular weight is 233 g/mol. The number of ether oxygens (including phenoxy) is 1. The Bertz CT molecular complexity index is 482. The summed E-state index contributed by atoms with van der Waals surface area (Å²) in [7, 11) is 0. The molecular formula is C12H15N3O2. The molecule has 0 aliphatic carbocycles. The predicted molar refractivity (Wildman–Crippen MR) is 62.6 cm³/mol. The van der Waals surface area contributed by atoms with Crippen LogP contribution >= 0.6 is 0 Å². The Morgan fingerprint density at radius 3 is 3.06 bits per heavy atom. The van der Waals surface area contributed by atoms with Gasteiger partial charge in [0.05, 0.1) is 0 Å². The Morgan fingerprint density at radius 1 is 1.41 bits per heavy atom.